The van der Waals surface area contributed by atoms with Crippen molar-refractivity contribution in [2.24, 2.45) is 5.16 Å². The minimum absolute atomic E-state index is 0.0669. The van der Waals surface area contributed by atoms with E-state index in [1.165, 1.54) is 0 Å². The number of oxime groups is 1. The van der Waals surface area contributed by atoms with Gasteiger partial charge in [-0.05, 0) is 19.8 Å². The maximum absolute atomic E-state index is 12.3. The zero-order chi connectivity index (χ0) is 13.1. The first-order chi connectivity index (χ1) is 8.63. The number of hydrogen-bond acceptors (Lipinski definition) is 4. The first kappa shape index (κ1) is 12.9. The van der Waals surface area contributed by atoms with Gasteiger partial charge in [0.05, 0.1) is 0 Å². The molecule has 0 spiro atoms. The quantitative estimate of drug-likeness (QED) is 0.812. The monoisotopic (exact) mass is 254 g/mol. The van der Waals surface area contributed by atoms with Crippen LogP contribution >= 0.6 is 0 Å². The van der Waals surface area contributed by atoms with Crippen molar-refractivity contribution in [1.82, 2.24) is 4.90 Å². The Morgan fingerprint density at radius 1 is 1.44 bits per heavy atom. The number of rotatable bonds is 4. The summed E-state index contributed by atoms with van der Waals surface area (Å²) in [5.74, 6) is -1.25. The van der Waals surface area contributed by atoms with Gasteiger partial charge in [-0.2, -0.15) is 0 Å². The number of amides is 1. The summed E-state index contributed by atoms with van der Waals surface area (Å²) < 4.78 is 0. The molecule has 0 radical (unpaired) electrons. The maximum Gasteiger partial charge on any atom is 0.353 e. The Balaban J connectivity index is 1.96. The molecule has 1 aliphatic carbocycles. The number of hydrogen-bond donors (Lipinski definition) is 1. The molecular formula is C12H18N2O4. The van der Waals surface area contributed by atoms with Gasteiger partial charge in [-0.1, -0.05) is 18.0 Å². The van der Waals surface area contributed by atoms with Gasteiger partial charge in [0.25, 0.3) is 5.91 Å². The largest absolute Gasteiger partial charge is 0.477 e. The van der Waals surface area contributed by atoms with E-state index in [1.807, 2.05) is 6.92 Å². The third kappa shape index (κ3) is 2.47. The zero-order valence-electron chi connectivity index (χ0n) is 10.5. The lowest BCUT2D eigenvalue weighted by Crippen LogP contribution is -2.44. The van der Waals surface area contributed by atoms with E-state index >= 15 is 0 Å². The van der Waals surface area contributed by atoms with Gasteiger partial charge < -0.3 is 14.8 Å². The summed E-state index contributed by atoms with van der Waals surface area (Å²) in [6.45, 7) is 2.57. The Hall–Kier alpha value is -1.59. The highest BCUT2D eigenvalue weighted by Crippen LogP contribution is 2.25. The molecule has 1 N–H and O–H groups in total. The first-order valence-corrected chi connectivity index (χ1v) is 6.40. The first-order valence-electron chi connectivity index (χ1n) is 6.40. The van der Waals surface area contributed by atoms with Crippen molar-refractivity contribution < 1.29 is 19.5 Å². The molecule has 2 aliphatic rings. The van der Waals surface area contributed by atoms with Crippen LogP contribution in [-0.4, -0.2) is 46.3 Å². The minimum Gasteiger partial charge on any atom is -0.477 e. The van der Waals surface area contributed by atoms with E-state index in [1.54, 1.807) is 4.90 Å². The van der Waals surface area contributed by atoms with Gasteiger partial charge in [0.1, 0.15) is 0 Å². The van der Waals surface area contributed by atoms with E-state index in [0.717, 1.165) is 25.7 Å². The molecule has 0 saturated heterocycles. The lowest BCUT2D eigenvalue weighted by atomic mass is 10.1. The second-order valence-corrected chi connectivity index (χ2v) is 4.70. The van der Waals surface area contributed by atoms with Crippen molar-refractivity contribution in [3.05, 3.63) is 0 Å². The molecular weight excluding hydrogens is 236 g/mol. The fourth-order valence-electron chi connectivity index (χ4n) is 2.63. The van der Waals surface area contributed by atoms with Gasteiger partial charge in [0, 0.05) is 19.0 Å². The van der Waals surface area contributed by atoms with Crippen LogP contribution in [0.1, 0.15) is 39.0 Å². The summed E-state index contributed by atoms with van der Waals surface area (Å²) in [5, 5.41) is 12.2. The summed E-state index contributed by atoms with van der Waals surface area (Å²) in [6.07, 6.45) is 3.67. The van der Waals surface area contributed by atoms with Crippen molar-refractivity contribution >= 4 is 17.6 Å². The molecule has 1 unspecified atom stereocenters. The molecule has 100 valence electrons. The molecule has 18 heavy (non-hydrogen) atoms. The van der Waals surface area contributed by atoms with Crippen LogP contribution in [0.3, 0.4) is 0 Å². The second kappa shape index (κ2) is 5.37. The molecule has 1 fully saturated rings. The van der Waals surface area contributed by atoms with Crippen LogP contribution in [0.4, 0.5) is 0 Å². The van der Waals surface area contributed by atoms with Gasteiger partial charge in [0.15, 0.2) is 5.71 Å². The average molecular weight is 254 g/mol. The summed E-state index contributed by atoms with van der Waals surface area (Å²) >= 11 is 0. The van der Waals surface area contributed by atoms with E-state index in [2.05, 4.69) is 5.16 Å². The van der Waals surface area contributed by atoms with Gasteiger partial charge in [0.2, 0.25) is 6.10 Å². The Morgan fingerprint density at radius 2 is 2.11 bits per heavy atom. The molecule has 0 bridgehead atoms. The van der Waals surface area contributed by atoms with E-state index < -0.39 is 12.1 Å². The lowest BCUT2D eigenvalue weighted by molar-refractivity contribution is -0.144. The molecule has 2 rings (SSSR count). The van der Waals surface area contributed by atoms with Crippen LogP contribution in [0, 0.1) is 0 Å². The van der Waals surface area contributed by atoms with Crippen LogP contribution < -0.4 is 0 Å². The highest BCUT2D eigenvalue weighted by molar-refractivity contribution is 6.36. The van der Waals surface area contributed by atoms with Crippen molar-refractivity contribution in [3.63, 3.8) is 0 Å². The van der Waals surface area contributed by atoms with Crippen LogP contribution in [-0.2, 0) is 14.4 Å². The van der Waals surface area contributed by atoms with E-state index in [0.29, 0.717) is 6.54 Å². The second-order valence-electron chi connectivity index (χ2n) is 4.70. The fraction of sp³-hybridized carbons (Fsp3) is 0.750. The Morgan fingerprint density at radius 3 is 2.61 bits per heavy atom. The van der Waals surface area contributed by atoms with Gasteiger partial charge in [-0.3, -0.25) is 4.79 Å². The normalized spacial score (nSPS) is 23.6. The predicted octanol–water partition coefficient (Wildman–Crippen LogP) is 1.01. The molecule has 1 saturated carbocycles. The van der Waals surface area contributed by atoms with Crippen molar-refractivity contribution in [2.75, 3.05) is 6.54 Å². The lowest BCUT2D eigenvalue weighted by Gasteiger charge is -2.29. The van der Waals surface area contributed by atoms with Crippen molar-refractivity contribution in [3.8, 4) is 0 Å². The average Bonchev–Trinajstić information content (AvgIpc) is 3.01. The third-order valence-electron chi connectivity index (χ3n) is 3.58. The predicted molar refractivity (Wildman–Crippen MR) is 64.2 cm³/mol. The minimum atomic E-state index is -1.12. The van der Waals surface area contributed by atoms with E-state index in [4.69, 9.17) is 9.94 Å². The Labute approximate surface area is 106 Å². The molecule has 0 aromatic carbocycles. The van der Waals surface area contributed by atoms with Crippen molar-refractivity contribution in [2.45, 2.75) is 51.2 Å². The summed E-state index contributed by atoms with van der Waals surface area (Å²) in [7, 11) is 0. The highest BCUT2D eigenvalue weighted by atomic mass is 16.6. The number of likely N-dealkylation sites (N-methyl/N-ethyl adjacent to an activating group) is 1. The Kier molecular flexibility index (Phi) is 3.84. The van der Waals surface area contributed by atoms with Gasteiger partial charge in [-0.15, -0.1) is 0 Å². The van der Waals surface area contributed by atoms with E-state index in [9.17, 15) is 9.59 Å². The number of carboxylic acid groups (broad SMARTS) is 1. The smallest absolute Gasteiger partial charge is 0.353 e. The molecule has 1 aliphatic heterocycles. The standard InChI is InChI=1S/C12H18N2O4/c1-2-14(8-5-3-4-6-8)11(15)10-7-9(12(16)17)13-18-10/h8,10H,2-7H2,1H3,(H,16,17). The van der Waals surface area contributed by atoms with Gasteiger partial charge in [-0.25, -0.2) is 4.79 Å². The number of nitrogens with zero attached hydrogens (tertiary/aromatic N) is 2. The molecule has 0 aromatic rings. The third-order valence-corrected chi connectivity index (χ3v) is 3.58. The molecule has 1 amide bonds. The SMILES string of the molecule is CCN(C(=O)C1CC(C(=O)O)=NO1)C1CCCC1. The van der Waals surface area contributed by atoms with Gasteiger partial charge >= 0.3 is 5.97 Å². The number of carboxylic acids is 1. The number of carbonyl (C=O) groups is 2. The van der Waals surface area contributed by atoms with Crippen LogP contribution in [0.15, 0.2) is 5.16 Å². The molecule has 1 heterocycles. The molecule has 6 heteroatoms. The number of carbonyl (C=O) groups excluding carboxylic acids is 1. The van der Waals surface area contributed by atoms with Crippen molar-refractivity contribution in [1.29, 1.82) is 0 Å². The Bertz CT molecular complexity index is 374. The fourth-order valence-corrected chi connectivity index (χ4v) is 2.63. The summed E-state index contributed by atoms with van der Waals surface area (Å²) in [5.41, 5.74) is -0.0733. The number of aliphatic carboxylic acids is 1. The van der Waals surface area contributed by atoms with E-state index in [-0.39, 0.29) is 24.1 Å². The molecule has 1 atom stereocenters. The summed E-state index contributed by atoms with van der Waals surface area (Å²) in [4.78, 5) is 29.7. The van der Waals surface area contributed by atoms with Crippen LogP contribution in [0.5, 0.6) is 0 Å². The van der Waals surface area contributed by atoms with Crippen LogP contribution in [0.2, 0.25) is 0 Å². The molecule has 0 aromatic heterocycles. The molecule has 6 nitrogen and oxygen atoms in total. The zero-order valence-corrected chi connectivity index (χ0v) is 10.5. The van der Waals surface area contributed by atoms with Crippen LogP contribution in [0.25, 0.3) is 0 Å². The summed E-state index contributed by atoms with van der Waals surface area (Å²) in [6, 6.07) is 0.278. The topological polar surface area (TPSA) is 79.2 Å². The maximum atomic E-state index is 12.3. The highest BCUT2D eigenvalue weighted by Gasteiger charge is 2.36.